The number of carbonyl (C=O) groups excluding carboxylic acids is 1. The quantitative estimate of drug-likeness (QED) is 0.826. The van der Waals surface area contributed by atoms with Gasteiger partial charge in [-0.2, -0.15) is 0 Å². The van der Waals surface area contributed by atoms with Gasteiger partial charge in [-0.1, -0.05) is 5.17 Å². The molecule has 0 saturated carbocycles. The van der Waals surface area contributed by atoms with Crippen molar-refractivity contribution in [2.24, 2.45) is 0 Å². The van der Waals surface area contributed by atoms with Crippen molar-refractivity contribution in [3.05, 3.63) is 17.9 Å². The molecule has 0 spiro atoms. The molecule has 8 heteroatoms. The number of nitrogens with zero attached hydrogens (tertiary/aromatic N) is 3. The number of piperazine rings is 1. The molecule has 1 fully saturated rings. The number of hydrazine groups is 1. The average Bonchev–Trinajstić information content (AvgIpc) is 3.09. The average molecular weight is 347 g/mol. The van der Waals surface area contributed by atoms with Gasteiger partial charge in [-0.3, -0.25) is 4.79 Å². The number of likely N-dealkylation sites (N-methyl/N-ethyl adjacent to an activating group) is 1. The largest absolute Gasteiger partial charge is 0.495 e. The highest BCUT2D eigenvalue weighted by Crippen LogP contribution is 2.48. The van der Waals surface area contributed by atoms with Crippen LogP contribution in [0.2, 0.25) is 0 Å². The van der Waals surface area contributed by atoms with Gasteiger partial charge in [0.15, 0.2) is 11.4 Å². The smallest absolute Gasteiger partial charge is 0.209 e. The first-order chi connectivity index (χ1) is 12.1. The fourth-order valence-corrected chi connectivity index (χ4v) is 3.37. The molecule has 134 valence electrons. The van der Waals surface area contributed by atoms with Gasteiger partial charge < -0.3 is 23.6 Å². The van der Waals surface area contributed by atoms with Gasteiger partial charge in [0.2, 0.25) is 11.5 Å². The third-order valence-electron chi connectivity index (χ3n) is 4.73. The summed E-state index contributed by atoms with van der Waals surface area (Å²) in [6.07, 6.45) is 1.55. The number of benzene rings is 1. The van der Waals surface area contributed by atoms with E-state index >= 15 is 0 Å². The number of ketones is 1. The number of hydroxylamine groups is 1. The lowest BCUT2D eigenvalue weighted by Crippen LogP contribution is -2.56. The van der Waals surface area contributed by atoms with E-state index in [1.54, 1.807) is 17.5 Å². The first kappa shape index (κ1) is 16.2. The van der Waals surface area contributed by atoms with E-state index in [9.17, 15) is 4.79 Å². The molecule has 3 heterocycles. The number of Topliss-reactive ketones (excluding diaryl/α,β-unsaturated/α-hetero) is 1. The summed E-state index contributed by atoms with van der Waals surface area (Å²) in [7, 11) is 5.15. The van der Waals surface area contributed by atoms with Crippen LogP contribution in [-0.2, 0) is 0 Å². The maximum atomic E-state index is 12.9. The van der Waals surface area contributed by atoms with Crippen molar-refractivity contribution in [2.75, 3.05) is 54.0 Å². The zero-order chi connectivity index (χ0) is 17.6. The lowest BCUT2D eigenvalue weighted by Gasteiger charge is -2.40. The molecule has 2 aliphatic rings. The van der Waals surface area contributed by atoms with E-state index in [0.29, 0.717) is 33.8 Å². The van der Waals surface area contributed by atoms with Gasteiger partial charge in [-0.15, -0.1) is 0 Å². The molecular formula is C17H21N3O5. The van der Waals surface area contributed by atoms with E-state index in [1.807, 2.05) is 5.01 Å². The number of hydrogen-bond acceptors (Lipinski definition) is 8. The van der Waals surface area contributed by atoms with Crippen molar-refractivity contribution in [3.8, 4) is 17.2 Å². The molecule has 8 nitrogen and oxygen atoms in total. The minimum atomic E-state index is -0.0709. The normalized spacial score (nSPS) is 19.7. The highest BCUT2D eigenvalue weighted by atomic mass is 16.7. The Morgan fingerprint density at radius 2 is 1.80 bits per heavy atom. The van der Waals surface area contributed by atoms with Crippen LogP contribution in [0.3, 0.4) is 0 Å². The maximum Gasteiger partial charge on any atom is 0.209 e. The van der Waals surface area contributed by atoms with Crippen molar-refractivity contribution in [1.82, 2.24) is 15.1 Å². The molecule has 0 bridgehead atoms. The number of carbonyl (C=O) groups is 1. The first-order valence-corrected chi connectivity index (χ1v) is 8.21. The zero-order valence-electron chi connectivity index (χ0n) is 14.6. The summed E-state index contributed by atoms with van der Waals surface area (Å²) in [5.74, 6) is 1.14. The number of hydrogen-bond donors (Lipinski definition) is 0. The molecule has 2 aliphatic heterocycles. The Labute approximate surface area is 145 Å². The number of rotatable bonds is 3. The molecule has 0 atom stereocenters. The summed E-state index contributed by atoms with van der Waals surface area (Å²) in [5.41, 5.74) is 0.907. The summed E-state index contributed by atoms with van der Waals surface area (Å²) in [5, 5.41) is 4.36. The Kier molecular flexibility index (Phi) is 4.03. The Bertz CT molecular complexity index is 810. The lowest BCUT2D eigenvalue weighted by molar-refractivity contribution is -0.225. The Morgan fingerprint density at radius 3 is 2.48 bits per heavy atom. The van der Waals surface area contributed by atoms with Crippen LogP contribution in [0.15, 0.2) is 16.7 Å². The Balaban J connectivity index is 1.79. The molecule has 1 saturated heterocycles. The highest BCUT2D eigenvalue weighted by molar-refractivity contribution is 6.10. The van der Waals surface area contributed by atoms with Gasteiger partial charge in [-0.05, 0) is 13.1 Å². The van der Waals surface area contributed by atoms with Gasteiger partial charge in [0.1, 0.15) is 17.9 Å². The topological polar surface area (TPSA) is 67.6 Å². The second-order valence-corrected chi connectivity index (χ2v) is 6.22. The van der Waals surface area contributed by atoms with Crippen molar-refractivity contribution in [1.29, 1.82) is 0 Å². The fourth-order valence-electron chi connectivity index (χ4n) is 3.37. The van der Waals surface area contributed by atoms with E-state index in [2.05, 4.69) is 11.9 Å². The first-order valence-electron chi connectivity index (χ1n) is 8.21. The van der Waals surface area contributed by atoms with Gasteiger partial charge in [0.05, 0.1) is 25.9 Å². The van der Waals surface area contributed by atoms with E-state index in [4.69, 9.17) is 18.7 Å². The predicted octanol–water partition coefficient (Wildman–Crippen LogP) is 1.40. The maximum absolute atomic E-state index is 12.9. The van der Waals surface area contributed by atoms with E-state index in [1.165, 1.54) is 14.2 Å². The molecule has 0 N–H and O–H groups in total. The molecule has 0 unspecified atom stereocenters. The van der Waals surface area contributed by atoms with Crippen LogP contribution in [0.5, 0.6) is 17.2 Å². The molecule has 0 radical (unpaired) electrons. The highest BCUT2D eigenvalue weighted by Gasteiger charge is 2.37. The second kappa shape index (κ2) is 6.21. The summed E-state index contributed by atoms with van der Waals surface area (Å²) in [6, 6.07) is 1.76. The molecule has 1 aromatic heterocycles. The third kappa shape index (κ3) is 2.53. The molecule has 25 heavy (non-hydrogen) atoms. The number of furan rings is 1. The van der Waals surface area contributed by atoms with Crippen molar-refractivity contribution < 1.29 is 23.5 Å². The summed E-state index contributed by atoms with van der Waals surface area (Å²) in [6.45, 7) is 3.56. The summed E-state index contributed by atoms with van der Waals surface area (Å²) in [4.78, 5) is 21.2. The van der Waals surface area contributed by atoms with Crippen LogP contribution in [0.1, 0.15) is 10.4 Å². The SMILES string of the molecule is COc1c2c(c(OC)c3occc13)ON(N1CCN(C)CC1)CC2=O. The van der Waals surface area contributed by atoms with Crippen molar-refractivity contribution in [2.45, 2.75) is 0 Å². The van der Waals surface area contributed by atoms with Crippen LogP contribution in [0.25, 0.3) is 11.0 Å². The lowest BCUT2D eigenvalue weighted by atomic mass is 10.0. The summed E-state index contributed by atoms with van der Waals surface area (Å²) >= 11 is 0. The standard InChI is InChI=1S/C17H21N3O5/c1-18-5-7-19(8-6-18)20-10-12(21)13-14(22-2)11-4-9-24-15(11)17(23-3)16(13)25-20/h4,9H,5-8,10H2,1-3H3. The van der Waals surface area contributed by atoms with Crippen LogP contribution < -0.4 is 14.3 Å². The minimum Gasteiger partial charge on any atom is -0.495 e. The fraction of sp³-hybridized carbons (Fsp3) is 0.471. The van der Waals surface area contributed by atoms with Crippen LogP contribution in [0.4, 0.5) is 0 Å². The minimum absolute atomic E-state index is 0.0709. The van der Waals surface area contributed by atoms with E-state index in [-0.39, 0.29) is 12.3 Å². The molecule has 2 aromatic rings. The van der Waals surface area contributed by atoms with Crippen LogP contribution in [-0.4, -0.2) is 74.9 Å². The van der Waals surface area contributed by atoms with E-state index < -0.39 is 0 Å². The van der Waals surface area contributed by atoms with Gasteiger partial charge in [0.25, 0.3) is 0 Å². The van der Waals surface area contributed by atoms with Crippen LogP contribution in [0, 0.1) is 0 Å². The van der Waals surface area contributed by atoms with Gasteiger partial charge in [0, 0.05) is 26.2 Å². The van der Waals surface area contributed by atoms with E-state index in [0.717, 1.165) is 26.2 Å². The third-order valence-corrected chi connectivity index (χ3v) is 4.73. The van der Waals surface area contributed by atoms with Gasteiger partial charge in [-0.25, -0.2) is 5.01 Å². The second-order valence-electron chi connectivity index (χ2n) is 6.22. The Hall–Kier alpha value is -2.29. The number of methoxy groups -OCH3 is 2. The molecule has 1 aromatic carbocycles. The molecular weight excluding hydrogens is 326 g/mol. The predicted molar refractivity (Wildman–Crippen MR) is 90.1 cm³/mol. The molecule has 0 amide bonds. The van der Waals surface area contributed by atoms with Crippen LogP contribution >= 0.6 is 0 Å². The molecule has 4 rings (SSSR count). The monoisotopic (exact) mass is 347 g/mol. The molecule has 0 aliphatic carbocycles. The Morgan fingerprint density at radius 1 is 1.08 bits per heavy atom. The van der Waals surface area contributed by atoms with Crippen molar-refractivity contribution >= 4 is 16.8 Å². The summed E-state index contributed by atoms with van der Waals surface area (Å²) < 4.78 is 16.5. The number of ether oxygens (including phenoxy) is 2. The zero-order valence-corrected chi connectivity index (χ0v) is 14.6. The van der Waals surface area contributed by atoms with Crippen molar-refractivity contribution in [3.63, 3.8) is 0 Å². The van der Waals surface area contributed by atoms with Gasteiger partial charge >= 0.3 is 0 Å². The number of fused-ring (bicyclic) bond motifs is 2.